The fourth-order valence-corrected chi connectivity index (χ4v) is 3.65. The Balaban J connectivity index is 1.51. The van der Waals surface area contributed by atoms with Crippen LogP contribution in [0.2, 0.25) is 0 Å². The molecule has 1 aromatic rings. The minimum atomic E-state index is 0.0786. The first-order valence-corrected chi connectivity index (χ1v) is 8.34. The molecular weight excluding hydrogens is 284 g/mol. The van der Waals surface area contributed by atoms with Gasteiger partial charge in [0.25, 0.3) is 0 Å². The molecule has 0 aromatic carbocycles. The van der Waals surface area contributed by atoms with E-state index in [1.165, 1.54) is 4.88 Å². The summed E-state index contributed by atoms with van der Waals surface area (Å²) >= 11 is 1.74. The van der Waals surface area contributed by atoms with Crippen LogP contribution in [0.15, 0.2) is 12.2 Å². The van der Waals surface area contributed by atoms with Crippen LogP contribution in [0.4, 0.5) is 9.93 Å². The highest BCUT2D eigenvalue weighted by Crippen LogP contribution is 2.26. The average molecular weight is 306 g/mol. The Morgan fingerprint density at radius 1 is 1.24 bits per heavy atom. The Morgan fingerprint density at radius 3 is 2.48 bits per heavy atom. The van der Waals surface area contributed by atoms with Gasteiger partial charge in [0, 0.05) is 37.1 Å². The molecule has 21 heavy (non-hydrogen) atoms. The maximum absolute atomic E-state index is 12.2. The van der Waals surface area contributed by atoms with Crippen LogP contribution in [0.5, 0.6) is 0 Å². The first-order chi connectivity index (χ1) is 10.1. The molecule has 1 fully saturated rings. The number of hydrogen-bond donors (Lipinski definition) is 1. The minimum Gasteiger partial charge on any atom is -0.345 e. The van der Waals surface area contributed by atoms with Crippen molar-refractivity contribution in [2.75, 3.05) is 31.1 Å². The molecule has 0 atom stereocenters. The van der Waals surface area contributed by atoms with Crippen molar-refractivity contribution in [2.45, 2.75) is 32.7 Å². The first kappa shape index (κ1) is 14.4. The predicted molar refractivity (Wildman–Crippen MR) is 86.1 cm³/mol. The molecule has 1 aromatic heterocycles. The lowest BCUT2D eigenvalue weighted by atomic mass is 10.2. The number of nitrogens with zero attached hydrogens (tertiary/aromatic N) is 3. The summed E-state index contributed by atoms with van der Waals surface area (Å²) in [5.74, 6) is 0. The van der Waals surface area contributed by atoms with Gasteiger partial charge in [-0.25, -0.2) is 9.78 Å². The topological polar surface area (TPSA) is 48.5 Å². The van der Waals surface area contributed by atoms with Crippen LogP contribution in [-0.4, -0.2) is 48.1 Å². The molecule has 6 heteroatoms. The number of thiazole rings is 1. The number of aryl methyl sites for hydroxylation is 2. The van der Waals surface area contributed by atoms with Crippen molar-refractivity contribution < 1.29 is 4.79 Å². The molecule has 0 radical (unpaired) electrons. The SMILES string of the molecule is Cc1nc(N2CCN(C(=O)NC3CC=CC3)CC2)sc1C. The zero-order valence-corrected chi connectivity index (χ0v) is 13.4. The van der Waals surface area contributed by atoms with Crippen molar-refractivity contribution in [3.8, 4) is 0 Å². The number of anilines is 1. The summed E-state index contributed by atoms with van der Waals surface area (Å²) in [4.78, 5) is 22.3. The minimum absolute atomic E-state index is 0.0786. The summed E-state index contributed by atoms with van der Waals surface area (Å²) in [6.07, 6.45) is 6.19. The van der Waals surface area contributed by atoms with E-state index in [1.54, 1.807) is 11.3 Å². The van der Waals surface area contributed by atoms with Gasteiger partial charge in [-0.2, -0.15) is 0 Å². The molecule has 2 aliphatic rings. The largest absolute Gasteiger partial charge is 0.345 e. The second-order valence-corrected chi connectivity index (χ2v) is 6.88. The van der Waals surface area contributed by atoms with Crippen molar-refractivity contribution in [1.29, 1.82) is 0 Å². The Labute approximate surface area is 129 Å². The highest BCUT2D eigenvalue weighted by atomic mass is 32.1. The summed E-state index contributed by atoms with van der Waals surface area (Å²) in [6.45, 7) is 7.42. The van der Waals surface area contributed by atoms with Crippen LogP contribution in [0.1, 0.15) is 23.4 Å². The van der Waals surface area contributed by atoms with E-state index in [0.29, 0.717) is 6.04 Å². The van der Waals surface area contributed by atoms with E-state index in [4.69, 9.17) is 0 Å². The molecule has 2 heterocycles. The molecule has 1 N–H and O–H groups in total. The maximum atomic E-state index is 12.2. The number of amides is 2. The number of piperazine rings is 1. The van der Waals surface area contributed by atoms with Crippen molar-refractivity contribution >= 4 is 22.5 Å². The molecule has 5 nitrogen and oxygen atoms in total. The van der Waals surface area contributed by atoms with E-state index >= 15 is 0 Å². The Hall–Kier alpha value is -1.56. The quantitative estimate of drug-likeness (QED) is 0.853. The third-order valence-electron chi connectivity index (χ3n) is 4.19. The van der Waals surface area contributed by atoms with E-state index in [0.717, 1.165) is 49.8 Å². The van der Waals surface area contributed by atoms with E-state index < -0.39 is 0 Å². The van der Waals surface area contributed by atoms with Gasteiger partial charge in [0.05, 0.1) is 5.69 Å². The van der Waals surface area contributed by atoms with Crippen LogP contribution in [0.3, 0.4) is 0 Å². The Kier molecular flexibility index (Phi) is 4.14. The highest BCUT2D eigenvalue weighted by molar-refractivity contribution is 7.15. The third kappa shape index (κ3) is 3.20. The summed E-state index contributed by atoms with van der Waals surface area (Å²) in [6, 6.07) is 0.370. The van der Waals surface area contributed by atoms with Crippen molar-refractivity contribution in [3.63, 3.8) is 0 Å². The summed E-state index contributed by atoms with van der Waals surface area (Å²) in [5.41, 5.74) is 1.11. The van der Waals surface area contributed by atoms with Crippen molar-refractivity contribution in [3.05, 3.63) is 22.7 Å². The van der Waals surface area contributed by atoms with Gasteiger partial charge in [-0.05, 0) is 26.7 Å². The van der Waals surface area contributed by atoms with Gasteiger partial charge in [-0.15, -0.1) is 11.3 Å². The molecule has 0 bridgehead atoms. The van der Waals surface area contributed by atoms with Gasteiger partial charge < -0.3 is 15.1 Å². The number of carbonyl (C=O) groups excluding carboxylic acids is 1. The van der Waals surface area contributed by atoms with E-state index in [-0.39, 0.29) is 6.03 Å². The molecule has 1 saturated heterocycles. The second kappa shape index (κ2) is 6.05. The zero-order valence-electron chi connectivity index (χ0n) is 12.6. The zero-order chi connectivity index (χ0) is 14.8. The fraction of sp³-hybridized carbons (Fsp3) is 0.600. The van der Waals surface area contributed by atoms with Crippen molar-refractivity contribution in [1.82, 2.24) is 15.2 Å². The lowest BCUT2D eigenvalue weighted by Gasteiger charge is -2.35. The smallest absolute Gasteiger partial charge is 0.317 e. The van der Waals surface area contributed by atoms with E-state index in [2.05, 4.69) is 41.2 Å². The van der Waals surface area contributed by atoms with Gasteiger partial charge >= 0.3 is 6.03 Å². The van der Waals surface area contributed by atoms with Gasteiger partial charge in [-0.1, -0.05) is 12.2 Å². The Bertz CT molecular complexity index is 518. The number of urea groups is 1. The van der Waals surface area contributed by atoms with Gasteiger partial charge in [0.1, 0.15) is 0 Å². The molecule has 3 rings (SSSR count). The molecule has 0 unspecified atom stereocenters. The molecule has 114 valence electrons. The average Bonchev–Trinajstić information content (AvgIpc) is 3.10. The Morgan fingerprint density at radius 2 is 1.90 bits per heavy atom. The van der Waals surface area contributed by atoms with Crippen LogP contribution >= 0.6 is 11.3 Å². The second-order valence-electron chi connectivity index (χ2n) is 5.70. The van der Waals surface area contributed by atoms with Crippen LogP contribution in [0, 0.1) is 13.8 Å². The molecule has 1 aliphatic heterocycles. The predicted octanol–water partition coefficient (Wildman–Crippen LogP) is 2.31. The lowest BCUT2D eigenvalue weighted by molar-refractivity contribution is 0.190. The summed E-state index contributed by atoms with van der Waals surface area (Å²) < 4.78 is 0. The monoisotopic (exact) mass is 306 g/mol. The fourth-order valence-electron chi connectivity index (χ4n) is 2.69. The van der Waals surface area contributed by atoms with Gasteiger partial charge in [0.15, 0.2) is 5.13 Å². The summed E-state index contributed by atoms with van der Waals surface area (Å²) in [5, 5.41) is 4.20. The van der Waals surface area contributed by atoms with E-state index in [9.17, 15) is 4.79 Å². The molecule has 2 amide bonds. The molecule has 0 saturated carbocycles. The summed E-state index contributed by atoms with van der Waals surface area (Å²) in [7, 11) is 0. The number of rotatable bonds is 2. The number of hydrogen-bond acceptors (Lipinski definition) is 4. The molecular formula is C15H22N4OS. The van der Waals surface area contributed by atoms with Gasteiger partial charge in [0.2, 0.25) is 0 Å². The van der Waals surface area contributed by atoms with E-state index in [1.807, 2.05) is 4.90 Å². The molecule has 0 spiro atoms. The van der Waals surface area contributed by atoms with Crippen LogP contribution < -0.4 is 10.2 Å². The first-order valence-electron chi connectivity index (χ1n) is 7.53. The standard InChI is InChI=1S/C15H22N4OS/c1-11-12(2)21-15(16-11)19-9-7-18(8-10-19)14(20)17-13-5-3-4-6-13/h3-4,13H,5-10H2,1-2H3,(H,17,20). The van der Waals surface area contributed by atoms with Crippen LogP contribution in [0.25, 0.3) is 0 Å². The van der Waals surface area contributed by atoms with Gasteiger partial charge in [-0.3, -0.25) is 0 Å². The number of nitrogens with one attached hydrogen (secondary N) is 1. The number of carbonyl (C=O) groups is 1. The number of aromatic nitrogens is 1. The molecule has 1 aliphatic carbocycles. The normalized spacial score (nSPS) is 19.3. The maximum Gasteiger partial charge on any atom is 0.317 e. The lowest BCUT2D eigenvalue weighted by Crippen LogP contribution is -2.53. The highest BCUT2D eigenvalue weighted by Gasteiger charge is 2.24. The third-order valence-corrected chi connectivity index (χ3v) is 5.32. The van der Waals surface area contributed by atoms with Crippen LogP contribution in [-0.2, 0) is 0 Å². The van der Waals surface area contributed by atoms with Crippen molar-refractivity contribution in [2.24, 2.45) is 0 Å².